The molecular formula is C26H25F3N4O4. The smallest absolute Gasteiger partial charge is 0.315 e. The molecule has 0 atom stereocenters. The molecule has 0 radical (unpaired) electrons. The van der Waals surface area contributed by atoms with Crippen molar-refractivity contribution in [3.8, 4) is 17.4 Å². The van der Waals surface area contributed by atoms with Gasteiger partial charge in [-0.15, -0.1) is 0 Å². The van der Waals surface area contributed by atoms with E-state index in [1.54, 1.807) is 0 Å². The SMILES string of the molecule is O=C(NCc1ccc(O)cc1F)NC1CCC(NC(=O)c2cc(F)cnc2Oc2ccc(F)cc2)CC1. The Kier molecular flexibility index (Phi) is 8.11. The Balaban J connectivity index is 1.27. The summed E-state index contributed by atoms with van der Waals surface area (Å²) in [5, 5.41) is 17.5. The summed E-state index contributed by atoms with van der Waals surface area (Å²) in [6.45, 7) is -0.0344. The van der Waals surface area contributed by atoms with Gasteiger partial charge in [-0.1, -0.05) is 6.07 Å². The number of nitrogens with one attached hydrogen (secondary N) is 3. The molecule has 1 aromatic heterocycles. The first-order chi connectivity index (χ1) is 17.8. The van der Waals surface area contributed by atoms with Crippen molar-refractivity contribution in [1.82, 2.24) is 20.9 Å². The van der Waals surface area contributed by atoms with Gasteiger partial charge in [0.1, 0.15) is 34.5 Å². The zero-order valence-electron chi connectivity index (χ0n) is 19.6. The lowest BCUT2D eigenvalue weighted by Crippen LogP contribution is -2.46. The number of pyridine rings is 1. The largest absolute Gasteiger partial charge is 0.508 e. The van der Waals surface area contributed by atoms with Crippen LogP contribution in [0.15, 0.2) is 54.7 Å². The number of hydrogen-bond acceptors (Lipinski definition) is 5. The lowest BCUT2D eigenvalue weighted by Gasteiger charge is -2.29. The van der Waals surface area contributed by atoms with Gasteiger partial charge in [0, 0.05) is 30.3 Å². The standard InChI is InChI=1S/C26H25F3N4O4/c27-16-2-9-21(10-3-16)37-25-22(11-17(28)14-30-25)24(35)32-18-4-6-19(7-5-18)33-26(36)31-13-15-1-8-20(34)12-23(15)29/h1-3,8-12,14,18-19,34H,4-7,13H2,(H,32,35)(H2,31,33,36). The van der Waals surface area contributed by atoms with Crippen molar-refractivity contribution in [2.24, 2.45) is 0 Å². The minimum absolute atomic E-state index is 0.0344. The van der Waals surface area contributed by atoms with E-state index < -0.39 is 29.4 Å². The van der Waals surface area contributed by atoms with E-state index in [1.807, 2.05) is 0 Å². The van der Waals surface area contributed by atoms with E-state index in [0.717, 1.165) is 18.3 Å². The fourth-order valence-electron chi connectivity index (χ4n) is 4.02. The molecule has 0 aliphatic heterocycles. The Labute approximate surface area is 210 Å². The van der Waals surface area contributed by atoms with Crippen LogP contribution in [-0.4, -0.2) is 34.1 Å². The average molecular weight is 515 g/mol. The summed E-state index contributed by atoms with van der Waals surface area (Å²) in [4.78, 5) is 28.9. The Bertz CT molecular complexity index is 1270. The maximum atomic E-state index is 13.8. The molecule has 2 aromatic carbocycles. The minimum Gasteiger partial charge on any atom is -0.508 e. The highest BCUT2D eigenvalue weighted by atomic mass is 19.1. The van der Waals surface area contributed by atoms with Crippen LogP contribution in [0, 0.1) is 17.5 Å². The predicted octanol–water partition coefficient (Wildman–Crippen LogP) is 4.54. The number of rotatable bonds is 7. The number of aromatic hydroxyl groups is 1. The number of aromatic nitrogens is 1. The molecule has 0 unspecified atom stereocenters. The number of hydrogen-bond donors (Lipinski definition) is 4. The van der Waals surface area contributed by atoms with Crippen molar-refractivity contribution in [2.75, 3.05) is 0 Å². The molecule has 1 saturated carbocycles. The third-order valence-corrected chi connectivity index (χ3v) is 5.96. The topological polar surface area (TPSA) is 113 Å². The summed E-state index contributed by atoms with van der Waals surface area (Å²) in [5.41, 5.74) is 0.152. The van der Waals surface area contributed by atoms with Gasteiger partial charge in [0.15, 0.2) is 0 Å². The van der Waals surface area contributed by atoms with Crippen LogP contribution in [0.5, 0.6) is 17.4 Å². The first kappa shape index (κ1) is 25.8. The summed E-state index contributed by atoms with van der Waals surface area (Å²) in [6.07, 6.45) is 3.24. The van der Waals surface area contributed by atoms with E-state index in [-0.39, 0.29) is 47.1 Å². The van der Waals surface area contributed by atoms with Gasteiger partial charge >= 0.3 is 6.03 Å². The van der Waals surface area contributed by atoms with E-state index >= 15 is 0 Å². The second kappa shape index (κ2) is 11.6. The van der Waals surface area contributed by atoms with Crippen molar-refractivity contribution >= 4 is 11.9 Å². The van der Waals surface area contributed by atoms with Crippen LogP contribution in [-0.2, 0) is 6.54 Å². The number of phenolic OH excluding ortho intramolecular Hbond substituents is 1. The number of benzene rings is 2. The number of urea groups is 1. The number of ether oxygens (including phenoxy) is 1. The summed E-state index contributed by atoms with van der Waals surface area (Å²) in [7, 11) is 0. The summed E-state index contributed by atoms with van der Waals surface area (Å²) < 4.78 is 46.3. The predicted molar refractivity (Wildman–Crippen MR) is 128 cm³/mol. The number of carbonyl (C=O) groups excluding carboxylic acids is 2. The fourth-order valence-corrected chi connectivity index (χ4v) is 4.02. The molecule has 0 bridgehead atoms. The monoisotopic (exact) mass is 514 g/mol. The van der Waals surface area contributed by atoms with Crippen LogP contribution in [0.3, 0.4) is 0 Å². The number of carbonyl (C=O) groups is 2. The van der Waals surface area contributed by atoms with Gasteiger partial charge in [-0.3, -0.25) is 4.79 Å². The van der Waals surface area contributed by atoms with Gasteiger partial charge in [0.25, 0.3) is 5.91 Å². The van der Waals surface area contributed by atoms with Gasteiger partial charge in [-0.05, 0) is 62.1 Å². The van der Waals surface area contributed by atoms with Crippen LogP contribution < -0.4 is 20.7 Å². The second-order valence-corrected chi connectivity index (χ2v) is 8.69. The van der Waals surface area contributed by atoms with Crippen molar-refractivity contribution in [3.63, 3.8) is 0 Å². The molecule has 11 heteroatoms. The number of halogens is 3. The summed E-state index contributed by atoms with van der Waals surface area (Å²) >= 11 is 0. The Morgan fingerprint density at radius 3 is 2.27 bits per heavy atom. The van der Waals surface area contributed by atoms with Gasteiger partial charge in [0.05, 0.1) is 6.20 Å². The van der Waals surface area contributed by atoms with Gasteiger partial charge in [-0.25, -0.2) is 22.9 Å². The molecule has 1 fully saturated rings. The molecule has 194 valence electrons. The van der Waals surface area contributed by atoms with E-state index in [4.69, 9.17) is 4.74 Å². The maximum Gasteiger partial charge on any atom is 0.315 e. The lowest BCUT2D eigenvalue weighted by atomic mass is 9.91. The lowest BCUT2D eigenvalue weighted by molar-refractivity contribution is 0.0920. The van der Waals surface area contributed by atoms with Crippen LogP contribution in [0.2, 0.25) is 0 Å². The van der Waals surface area contributed by atoms with Crippen molar-refractivity contribution in [1.29, 1.82) is 0 Å². The molecule has 1 aliphatic carbocycles. The zero-order valence-corrected chi connectivity index (χ0v) is 19.6. The van der Waals surface area contributed by atoms with Crippen LogP contribution in [0.4, 0.5) is 18.0 Å². The molecule has 1 aliphatic rings. The molecule has 0 saturated heterocycles. The zero-order chi connectivity index (χ0) is 26.4. The quantitative estimate of drug-likeness (QED) is 0.370. The van der Waals surface area contributed by atoms with Crippen molar-refractivity contribution < 1.29 is 32.6 Å². The first-order valence-corrected chi connectivity index (χ1v) is 11.7. The minimum atomic E-state index is -0.706. The van der Waals surface area contributed by atoms with Gasteiger partial charge in [0.2, 0.25) is 5.88 Å². The number of phenols is 1. The van der Waals surface area contributed by atoms with E-state index in [2.05, 4.69) is 20.9 Å². The molecule has 0 spiro atoms. The normalized spacial score (nSPS) is 17.1. The van der Waals surface area contributed by atoms with E-state index in [1.165, 1.54) is 36.4 Å². The average Bonchev–Trinajstić information content (AvgIpc) is 2.87. The van der Waals surface area contributed by atoms with Gasteiger partial charge in [-0.2, -0.15) is 0 Å². The Morgan fingerprint density at radius 2 is 1.59 bits per heavy atom. The number of nitrogens with zero attached hydrogens (tertiary/aromatic N) is 1. The van der Waals surface area contributed by atoms with Crippen LogP contribution >= 0.6 is 0 Å². The maximum absolute atomic E-state index is 13.8. The molecule has 3 aromatic rings. The Hall–Kier alpha value is -4.28. The summed E-state index contributed by atoms with van der Waals surface area (Å²) in [6, 6.07) is 9.06. The van der Waals surface area contributed by atoms with Crippen molar-refractivity contribution in [3.05, 3.63) is 83.3 Å². The fraction of sp³-hybridized carbons (Fsp3) is 0.269. The highest BCUT2D eigenvalue weighted by Gasteiger charge is 2.25. The first-order valence-electron chi connectivity index (χ1n) is 11.7. The number of amides is 3. The van der Waals surface area contributed by atoms with E-state index in [0.29, 0.717) is 25.7 Å². The van der Waals surface area contributed by atoms with Gasteiger partial charge < -0.3 is 25.8 Å². The van der Waals surface area contributed by atoms with Crippen molar-refractivity contribution in [2.45, 2.75) is 44.3 Å². The molecule has 4 N–H and O–H groups in total. The van der Waals surface area contributed by atoms with E-state index in [9.17, 15) is 27.9 Å². The molecule has 37 heavy (non-hydrogen) atoms. The third-order valence-electron chi connectivity index (χ3n) is 5.96. The van der Waals surface area contributed by atoms with Crippen LogP contribution in [0.25, 0.3) is 0 Å². The third kappa shape index (κ3) is 7.12. The highest BCUT2D eigenvalue weighted by Crippen LogP contribution is 2.25. The van der Waals surface area contributed by atoms with Crippen LogP contribution in [0.1, 0.15) is 41.6 Å². The molecular weight excluding hydrogens is 489 g/mol. The molecule has 8 nitrogen and oxygen atoms in total. The molecule has 4 rings (SSSR count). The molecule has 1 heterocycles. The summed E-state index contributed by atoms with van der Waals surface area (Å²) in [5.74, 6) is -2.39. The molecule has 3 amide bonds. The second-order valence-electron chi connectivity index (χ2n) is 8.69. The Morgan fingerprint density at radius 1 is 0.919 bits per heavy atom. The highest BCUT2D eigenvalue weighted by molar-refractivity contribution is 5.96.